The van der Waals surface area contributed by atoms with E-state index in [-0.39, 0.29) is 11.9 Å². The van der Waals surface area contributed by atoms with Crippen LogP contribution >= 0.6 is 0 Å². The Morgan fingerprint density at radius 1 is 1.18 bits per heavy atom. The van der Waals surface area contributed by atoms with Gasteiger partial charge in [0.15, 0.2) is 5.76 Å². The molecule has 33 heavy (non-hydrogen) atoms. The first-order chi connectivity index (χ1) is 15.9. The number of carbonyl (C=O) groups is 1. The van der Waals surface area contributed by atoms with E-state index >= 15 is 0 Å². The fourth-order valence-corrected chi connectivity index (χ4v) is 4.29. The first-order valence-electron chi connectivity index (χ1n) is 12.0. The number of halogens is 1. The van der Waals surface area contributed by atoms with Crippen LogP contribution in [0, 0.1) is 0 Å². The molecule has 1 N–H and O–H groups in total. The summed E-state index contributed by atoms with van der Waals surface area (Å²) in [6.07, 6.45) is 5.87. The minimum absolute atomic E-state index is 0.0155. The molecule has 1 fully saturated rings. The van der Waals surface area contributed by atoms with Crippen LogP contribution < -0.4 is 5.32 Å². The number of aromatic nitrogens is 2. The number of fused-ring (bicyclic) bond motifs is 1. The van der Waals surface area contributed by atoms with Crippen molar-refractivity contribution in [2.45, 2.75) is 53.6 Å². The van der Waals surface area contributed by atoms with E-state index in [2.05, 4.69) is 20.2 Å². The summed E-state index contributed by atoms with van der Waals surface area (Å²) in [6, 6.07) is -0.0155. The van der Waals surface area contributed by atoms with Crippen LogP contribution in [0.5, 0.6) is 0 Å². The molecule has 0 unspecified atom stereocenters. The van der Waals surface area contributed by atoms with Gasteiger partial charge in [-0.1, -0.05) is 19.9 Å². The molecule has 1 saturated heterocycles. The van der Waals surface area contributed by atoms with Gasteiger partial charge in [-0.25, -0.2) is 9.18 Å². The Balaban J connectivity index is 0.00000187. The number of hydrogen-bond donors (Lipinski definition) is 1. The van der Waals surface area contributed by atoms with E-state index in [0.29, 0.717) is 25.4 Å². The van der Waals surface area contributed by atoms with E-state index < -0.39 is 0 Å². The van der Waals surface area contributed by atoms with Gasteiger partial charge in [-0.3, -0.25) is 9.58 Å². The van der Waals surface area contributed by atoms with Gasteiger partial charge in [0, 0.05) is 51.5 Å². The maximum atomic E-state index is 13.7. The fraction of sp³-hybridized carbons (Fsp3) is 0.667. The zero-order valence-electron chi connectivity index (χ0n) is 21.2. The van der Waals surface area contributed by atoms with Crippen LogP contribution in [0.4, 0.5) is 9.18 Å². The van der Waals surface area contributed by atoms with Gasteiger partial charge in [0.1, 0.15) is 5.83 Å². The number of rotatable bonds is 8. The Morgan fingerprint density at radius 3 is 2.45 bits per heavy atom. The standard InChI is InChI=1S/C22H35FN6O2.C2H6/c1-5-20(21(31-4)17(2)23)28-12-10-27(11-13-28)9-7-6-8-24-22(30)29-15-18-14-26(3)25-19(18)16-29;1-2/h5,14H,6-13,15-16H2,1-4H3,(H,24,30);1-2H3/b20-5+,21-17-;. The molecule has 0 bridgehead atoms. The largest absolute Gasteiger partial charge is 0.492 e. The van der Waals surface area contributed by atoms with E-state index in [9.17, 15) is 9.18 Å². The molecular formula is C24H41FN6O2. The summed E-state index contributed by atoms with van der Waals surface area (Å²) in [7, 11) is 3.41. The summed E-state index contributed by atoms with van der Waals surface area (Å²) >= 11 is 0. The molecule has 2 aliphatic heterocycles. The molecule has 0 aromatic carbocycles. The number of piperazine rings is 1. The van der Waals surface area contributed by atoms with Crippen molar-refractivity contribution in [3.05, 3.63) is 40.8 Å². The highest BCUT2D eigenvalue weighted by Crippen LogP contribution is 2.22. The lowest BCUT2D eigenvalue weighted by atomic mass is 10.2. The second-order valence-corrected chi connectivity index (χ2v) is 8.14. The van der Waals surface area contributed by atoms with Crippen molar-refractivity contribution in [3.8, 4) is 0 Å². The molecule has 0 atom stereocenters. The van der Waals surface area contributed by atoms with Crippen molar-refractivity contribution >= 4 is 6.03 Å². The van der Waals surface area contributed by atoms with Crippen molar-refractivity contribution < 1.29 is 13.9 Å². The van der Waals surface area contributed by atoms with Gasteiger partial charge in [-0.15, -0.1) is 0 Å². The molecule has 8 nitrogen and oxygen atoms in total. The van der Waals surface area contributed by atoms with Crippen LogP contribution in [0.1, 0.15) is 51.8 Å². The predicted octanol–water partition coefficient (Wildman–Crippen LogP) is 3.62. The zero-order chi connectivity index (χ0) is 24.4. The highest BCUT2D eigenvalue weighted by atomic mass is 19.1. The molecule has 9 heteroatoms. The quantitative estimate of drug-likeness (QED) is 0.362. The summed E-state index contributed by atoms with van der Waals surface area (Å²) < 4.78 is 20.8. The molecule has 3 heterocycles. The predicted molar refractivity (Wildman–Crippen MR) is 129 cm³/mol. The number of hydrogen-bond acceptors (Lipinski definition) is 5. The normalized spacial score (nSPS) is 17.2. The number of allylic oxidation sites excluding steroid dienone is 2. The summed E-state index contributed by atoms with van der Waals surface area (Å²) in [5, 5.41) is 7.41. The van der Waals surface area contributed by atoms with Crippen LogP contribution in [-0.4, -0.2) is 76.9 Å². The van der Waals surface area contributed by atoms with Gasteiger partial charge < -0.3 is 19.9 Å². The van der Waals surface area contributed by atoms with Gasteiger partial charge >= 0.3 is 6.03 Å². The van der Waals surface area contributed by atoms with Crippen molar-refractivity contribution in [1.29, 1.82) is 0 Å². The lowest BCUT2D eigenvalue weighted by Gasteiger charge is -2.37. The van der Waals surface area contributed by atoms with Gasteiger partial charge in [0.25, 0.3) is 0 Å². The van der Waals surface area contributed by atoms with Crippen molar-refractivity contribution in [2.24, 2.45) is 7.05 Å². The van der Waals surface area contributed by atoms with Crippen LogP contribution in [0.2, 0.25) is 0 Å². The summed E-state index contributed by atoms with van der Waals surface area (Å²) in [5.41, 5.74) is 2.95. The molecule has 0 spiro atoms. The van der Waals surface area contributed by atoms with Gasteiger partial charge in [0.05, 0.1) is 31.6 Å². The minimum atomic E-state index is -0.297. The maximum absolute atomic E-state index is 13.7. The average molecular weight is 465 g/mol. The Bertz CT molecular complexity index is 799. The van der Waals surface area contributed by atoms with Gasteiger partial charge in [-0.05, 0) is 33.2 Å². The first-order valence-corrected chi connectivity index (χ1v) is 12.0. The van der Waals surface area contributed by atoms with E-state index in [1.165, 1.54) is 14.0 Å². The molecule has 1 aromatic heterocycles. The average Bonchev–Trinajstić information content (AvgIpc) is 3.36. The minimum Gasteiger partial charge on any atom is -0.492 e. The smallest absolute Gasteiger partial charge is 0.318 e. The summed E-state index contributed by atoms with van der Waals surface area (Å²) in [5.74, 6) is 0.0259. The maximum Gasteiger partial charge on any atom is 0.318 e. The molecule has 3 rings (SSSR count). The van der Waals surface area contributed by atoms with Crippen LogP contribution in [-0.2, 0) is 24.9 Å². The van der Waals surface area contributed by atoms with Crippen LogP contribution in [0.25, 0.3) is 0 Å². The topological polar surface area (TPSA) is 65.9 Å². The highest BCUT2D eigenvalue weighted by Gasteiger charge is 2.26. The Morgan fingerprint density at radius 2 is 1.88 bits per heavy atom. The first kappa shape index (κ1) is 26.7. The Hall–Kier alpha value is -2.55. The summed E-state index contributed by atoms with van der Waals surface area (Å²) in [4.78, 5) is 18.7. The molecule has 2 aliphatic rings. The molecule has 0 saturated carbocycles. The van der Waals surface area contributed by atoms with E-state index in [4.69, 9.17) is 4.74 Å². The zero-order valence-corrected chi connectivity index (χ0v) is 21.2. The lowest BCUT2D eigenvalue weighted by molar-refractivity contribution is 0.146. The monoisotopic (exact) mass is 464 g/mol. The number of amides is 2. The van der Waals surface area contributed by atoms with Gasteiger partial charge in [-0.2, -0.15) is 5.10 Å². The molecule has 0 radical (unpaired) electrons. The van der Waals surface area contributed by atoms with E-state index in [1.807, 2.05) is 40.1 Å². The molecule has 2 amide bonds. The second kappa shape index (κ2) is 13.2. The fourth-order valence-electron chi connectivity index (χ4n) is 4.29. The number of carbonyl (C=O) groups excluding carboxylic acids is 1. The van der Waals surface area contributed by atoms with Crippen LogP contribution in [0.15, 0.2) is 29.6 Å². The highest BCUT2D eigenvalue weighted by molar-refractivity contribution is 5.74. The Labute approximate surface area is 198 Å². The number of urea groups is 1. The number of nitrogens with zero attached hydrogens (tertiary/aromatic N) is 5. The van der Waals surface area contributed by atoms with Crippen molar-refractivity contribution in [1.82, 2.24) is 29.8 Å². The molecule has 1 aromatic rings. The SMILES string of the molecule is C/C=C(\C(OC)=C(/C)F)N1CCN(CCCCNC(=O)N2Cc3cn(C)nc3C2)CC1.CC. The summed E-state index contributed by atoms with van der Waals surface area (Å²) in [6.45, 7) is 13.8. The lowest BCUT2D eigenvalue weighted by Crippen LogP contribution is -2.46. The molecule has 0 aliphatic carbocycles. The van der Waals surface area contributed by atoms with Crippen molar-refractivity contribution in [2.75, 3.05) is 46.4 Å². The molecule has 186 valence electrons. The van der Waals surface area contributed by atoms with Crippen molar-refractivity contribution in [3.63, 3.8) is 0 Å². The number of unbranched alkanes of at least 4 members (excludes halogenated alkanes) is 1. The van der Waals surface area contributed by atoms with E-state index in [0.717, 1.165) is 62.5 Å². The van der Waals surface area contributed by atoms with Gasteiger partial charge in [0.2, 0.25) is 0 Å². The number of aryl methyl sites for hydroxylation is 1. The third-order valence-corrected chi connectivity index (χ3v) is 5.89. The second-order valence-electron chi connectivity index (χ2n) is 8.14. The number of ether oxygens (including phenoxy) is 1. The number of methoxy groups -OCH3 is 1. The Kier molecular flexibility index (Phi) is 10.7. The number of nitrogens with one attached hydrogen (secondary N) is 1. The third kappa shape index (κ3) is 7.22. The molecular weight excluding hydrogens is 423 g/mol. The third-order valence-electron chi connectivity index (χ3n) is 5.89. The van der Waals surface area contributed by atoms with Crippen LogP contribution in [0.3, 0.4) is 0 Å². The van der Waals surface area contributed by atoms with E-state index in [1.54, 1.807) is 9.58 Å².